The van der Waals surface area contributed by atoms with E-state index in [4.69, 9.17) is 0 Å². The zero-order valence-electron chi connectivity index (χ0n) is 13.5. The number of anilines is 1. The van der Waals surface area contributed by atoms with Crippen LogP contribution in [0.3, 0.4) is 0 Å². The van der Waals surface area contributed by atoms with Gasteiger partial charge < -0.3 is 5.32 Å². The number of hydrogen-bond donors (Lipinski definition) is 1. The molecule has 3 nitrogen and oxygen atoms in total. The van der Waals surface area contributed by atoms with Gasteiger partial charge in [-0.3, -0.25) is 0 Å². The Morgan fingerprint density at radius 3 is 2.10 bits per heavy atom. The number of hydrogen-bond acceptors (Lipinski definition) is 4. The van der Waals surface area contributed by atoms with Gasteiger partial charge in [-0.25, -0.2) is 8.42 Å². The number of thioether (sulfide) groups is 1. The topological polar surface area (TPSA) is 46.2 Å². The lowest BCUT2D eigenvalue weighted by atomic mass is 10.0. The van der Waals surface area contributed by atoms with Crippen molar-refractivity contribution in [2.24, 2.45) is 0 Å². The quantitative estimate of drug-likeness (QED) is 0.737. The van der Waals surface area contributed by atoms with Gasteiger partial charge in [-0.05, 0) is 49.8 Å². The first-order valence-corrected chi connectivity index (χ1v) is 10.4. The summed E-state index contributed by atoms with van der Waals surface area (Å²) in [6, 6.07) is 7.12. The summed E-state index contributed by atoms with van der Waals surface area (Å²) in [6.45, 7) is 7.19. The second-order valence-corrected chi connectivity index (χ2v) is 8.67. The van der Waals surface area contributed by atoms with E-state index in [0.717, 1.165) is 25.1 Å². The molecule has 0 spiro atoms. The Bertz CT molecular complexity index is 511. The van der Waals surface area contributed by atoms with Crippen LogP contribution < -0.4 is 5.32 Å². The highest BCUT2D eigenvalue weighted by molar-refractivity contribution is 8.00. The predicted molar refractivity (Wildman–Crippen MR) is 94.1 cm³/mol. The second-order valence-electron chi connectivity index (χ2n) is 5.29. The molecule has 1 aromatic carbocycles. The number of rotatable bonds is 9. The van der Waals surface area contributed by atoms with Crippen molar-refractivity contribution >= 4 is 27.3 Å². The molecule has 120 valence electrons. The highest BCUT2D eigenvalue weighted by Gasteiger charge is 2.24. The van der Waals surface area contributed by atoms with Crippen LogP contribution in [0.5, 0.6) is 0 Å². The summed E-state index contributed by atoms with van der Waals surface area (Å²) in [5.74, 6) is 0.209. The first-order valence-electron chi connectivity index (χ1n) is 7.55. The standard InChI is InChI=1S/C16H27NO2S2/c1-5-12-21(18,19)15-10-8-14(9-11-15)17-13-16(6-2,7-3)20-4/h8-11,17H,5-7,12-13H2,1-4H3. The average molecular weight is 330 g/mol. The maximum Gasteiger partial charge on any atom is 0.178 e. The molecule has 0 atom stereocenters. The van der Waals surface area contributed by atoms with Crippen molar-refractivity contribution in [1.82, 2.24) is 0 Å². The summed E-state index contributed by atoms with van der Waals surface area (Å²) >= 11 is 1.89. The van der Waals surface area contributed by atoms with Crippen LogP contribution in [0.25, 0.3) is 0 Å². The molecule has 0 bridgehead atoms. The third kappa shape index (κ3) is 4.92. The molecular formula is C16H27NO2S2. The molecule has 0 radical (unpaired) electrons. The maximum atomic E-state index is 12.0. The third-order valence-corrected chi connectivity index (χ3v) is 7.55. The van der Waals surface area contributed by atoms with E-state index in [1.807, 2.05) is 30.8 Å². The fourth-order valence-corrected chi connectivity index (χ4v) is 4.41. The molecule has 0 amide bonds. The lowest BCUT2D eigenvalue weighted by molar-refractivity contribution is 0.574. The fraction of sp³-hybridized carbons (Fsp3) is 0.625. The average Bonchev–Trinajstić information content (AvgIpc) is 2.50. The van der Waals surface area contributed by atoms with Crippen LogP contribution in [0.15, 0.2) is 29.2 Å². The number of nitrogens with one attached hydrogen (secondary N) is 1. The Balaban J connectivity index is 2.76. The van der Waals surface area contributed by atoms with E-state index in [1.165, 1.54) is 0 Å². The molecular weight excluding hydrogens is 302 g/mol. The molecule has 1 aromatic rings. The van der Waals surface area contributed by atoms with Gasteiger partial charge in [0.1, 0.15) is 0 Å². The minimum absolute atomic E-state index is 0.209. The van der Waals surface area contributed by atoms with Crippen LogP contribution in [-0.4, -0.2) is 31.7 Å². The van der Waals surface area contributed by atoms with Gasteiger partial charge in [-0.15, -0.1) is 0 Å². The van der Waals surface area contributed by atoms with E-state index in [9.17, 15) is 8.42 Å². The Morgan fingerprint density at radius 1 is 1.10 bits per heavy atom. The Labute approximate surface area is 133 Å². The monoisotopic (exact) mass is 329 g/mol. The van der Waals surface area contributed by atoms with Crippen molar-refractivity contribution in [1.29, 1.82) is 0 Å². The third-order valence-electron chi connectivity index (χ3n) is 4.02. The first-order chi connectivity index (χ1) is 9.93. The summed E-state index contributed by atoms with van der Waals surface area (Å²) < 4.78 is 24.2. The summed E-state index contributed by atoms with van der Waals surface area (Å²) in [7, 11) is -3.12. The van der Waals surface area contributed by atoms with Crippen molar-refractivity contribution in [3.05, 3.63) is 24.3 Å². The van der Waals surface area contributed by atoms with Crippen molar-refractivity contribution in [2.75, 3.05) is 23.9 Å². The SMILES string of the molecule is CCCS(=O)(=O)c1ccc(NCC(CC)(CC)SC)cc1. The van der Waals surface area contributed by atoms with Crippen LogP contribution in [-0.2, 0) is 9.84 Å². The van der Waals surface area contributed by atoms with Gasteiger partial charge in [0.25, 0.3) is 0 Å². The maximum absolute atomic E-state index is 12.0. The fourth-order valence-electron chi connectivity index (χ4n) is 2.29. The van der Waals surface area contributed by atoms with Crippen molar-refractivity contribution in [3.8, 4) is 0 Å². The number of sulfone groups is 1. The van der Waals surface area contributed by atoms with Gasteiger partial charge in [-0.2, -0.15) is 11.8 Å². The predicted octanol–water partition coefficient (Wildman–Crippen LogP) is 4.20. The lowest BCUT2D eigenvalue weighted by Crippen LogP contribution is -2.31. The molecule has 0 saturated carbocycles. The molecule has 5 heteroatoms. The Hall–Kier alpha value is -0.680. The van der Waals surface area contributed by atoms with E-state index in [1.54, 1.807) is 12.1 Å². The van der Waals surface area contributed by atoms with Gasteiger partial charge in [-0.1, -0.05) is 20.8 Å². The highest BCUT2D eigenvalue weighted by atomic mass is 32.2. The Morgan fingerprint density at radius 2 is 1.67 bits per heavy atom. The zero-order valence-corrected chi connectivity index (χ0v) is 15.1. The van der Waals surface area contributed by atoms with Gasteiger partial charge in [0.15, 0.2) is 9.84 Å². The summed E-state index contributed by atoms with van der Waals surface area (Å²) in [6.07, 6.45) is 5.02. The van der Waals surface area contributed by atoms with E-state index >= 15 is 0 Å². The van der Waals surface area contributed by atoms with E-state index in [-0.39, 0.29) is 10.5 Å². The minimum Gasteiger partial charge on any atom is -0.384 e. The summed E-state index contributed by atoms with van der Waals surface area (Å²) in [5, 5.41) is 3.43. The molecule has 0 aliphatic rings. The normalized spacial score (nSPS) is 12.4. The van der Waals surface area contributed by atoms with Crippen LogP contribution in [0.1, 0.15) is 40.0 Å². The van der Waals surface area contributed by atoms with Crippen LogP contribution in [0.4, 0.5) is 5.69 Å². The molecule has 0 aromatic heterocycles. The van der Waals surface area contributed by atoms with Crippen LogP contribution >= 0.6 is 11.8 Å². The summed E-state index contributed by atoms with van der Waals surface area (Å²) in [4.78, 5) is 0.414. The largest absolute Gasteiger partial charge is 0.384 e. The second kappa shape index (κ2) is 8.08. The van der Waals surface area contributed by atoms with E-state index < -0.39 is 9.84 Å². The van der Waals surface area contributed by atoms with Gasteiger partial charge >= 0.3 is 0 Å². The van der Waals surface area contributed by atoms with Crippen molar-refractivity contribution < 1.29 is 8.42 Å². The van der Waals surface area contributed by atoms with Crippen molar-refractivity contribution in [3.63, 3.8) is 0 Å². The van der Waals surface area contributed by atoms with E-state index in [0.29, 0.717) is 11.3 Å². The van der Waals surface area contributed by atoms with Gasteiger partial charge in [0, 0.05) is 17.0 Å². The molecule has 0 aliphatic carbocycles. The minimum atomic E-state index is -3.12. The summed E-state index contributed by atoms with van der Waals surface area (Å²) in [5.41, 5.74) is 0.978. The molecule has 0 fully saturated rings. The van der Waals surface area contributed by atoms with Crippen LogP contribution in [0, 0.1) is 0 Å². The van der Waals surface area contributed by atoms with Gasteiger partial charge in [0.2, 0.25) is 0 Å². The molecule has 0 unspecified atom stereocenters. The smallest absolute Gasteiger partial charge is 0.178 e. The van der Waals surface area contributed by atoms with Crippen molar-refractivity contribution in [2.45, 2.75) is 49.7 Å². The molecule has 1 N–H and O–H groups in total. The molecule has 0 saturated heterocycles. The van der Waals surface area contributed by atoms with Gasteiger partial charge in [0.05, 0.1) is 10.6 Å². The molecule has 21 heavy (non-hydrogen) atoms. The van der Waals surface area contributed by atoms with Crippen LogP contribution in [0.2, 0.25) is 0 Å². The molecule has 1 rings (SSSR count). The van der Waals surface area contributed by atoms with E-state index in [2.05, 4.69) is 25.4 Å². The molecule has 0 aliphatic heterocycles. The zero-order chi connectivity index (χ0) is 15.9. The first kappa shape index (κ1) is 18.4. The molecule has 0 heterocycles. The number of benzene rings is 1. The highest BCUT2D eigenvalue weighted by Crippen LogP contribution is 2.30. The Kier molecular flexibility index (Phi) is 7.07. The lowest BCUT2D eigenvalue weighted by Gasteiger charge is -2.30.